The molecule has 1 aromatic heterocycles. The Morgan fingerprint density at radius 1 is 1.38 bits per heavy atom. The van der Waals surface area contributed by atoms with E-state index < -0.39 is 15.7 Å². The Hall–Kier alpha value is -1.32. The van der Waals surface area contributed by atoms with Crippen molar-refractivity contribution in [2.45, 2.75) is 18.2 Å². The van der Waals surface area contributed by atoms with Gasteiger partial charge in [-0.3, -0.25) is 4.79 Å². The molecule has 5 N–H and O–H groups in total. The van der Waals surface area contributed by atoms with Crippen LogP contribution in [0, 0.1) is 0 Å². The number of sulfone groups is 1. The van der Waals surface area contributed by atoms with Gasteiger partial charge in [0.2, 0.25) is 0 Å². The number of primary amides is 1. The minimum absolute atomic E-state index is 0.0124. The number of nitrogens with two attached hydrogens (primary N) is 2. The van der Waals surface area contributed by atoms with E-state index in [-0.39, 0.29) is 21.2 Å². The molecule has 0 spiro atoms. The van der Waals surface area contributed by atoms with Crippen LogP contribution in [0.4, 0.5) is 10.7 Å². The Balaban J connectivity index is 2.58. The highest BCUT2D eigenvalue weighted by Crippen LogP contribution is 2.42. The summed E-state index contributed by atoms with van der Waals surface area (Å²) in [5.74, 6) is -0.755. The second-order valence-corrected chi connectivity index (χ2v) is 8.05. The number of nitrogens with zero attached hydrogens (tertiary/aromatic N) is 1. The van der Waals surface area contributed by atoms with Crippen LogP contribution in [-0.2, 0) is 9.84 Å². The SMILES string of the molecule is CCS(=O)(=O)c1c(N2CCCNCC2)sc(C(N)=O)c1N. The van der Waals surface area contributed by atoms with E-state index in [9.17, 15) is 13.2 Å². The topological polar surface area (TPSA) is 119 Å². The highest BCUT2D eigenvalue weighted by molar-refractivity contribution is 7.92. The van der Waals surface area contributed by atoms with Crippen LogP contribution in [0.5, 0.6) is 0 Å². The standard InChI is InChI=1S/C12H20N4O3S2/c1-2-21(18,19)10-8(13)9(11(14)17)20-12(10)16-6-3-4-15-5-7-16/h15H,2-7,13H2,1H3,(H2,14,17). The lowest BCUT2D eigenvalue weighted by Crippen LogP contribution is -2.28. The third-order valence-corrected chi connectivity index (χ3v) is 6.63. The quantitative estimate of drug-likeness (QED) is 0.715. The van der Waals surface area contributed by atoms with Gasteiger partial charge in [-0.1, -0.05) is 6.92 Å². The summed E-state index contributed by atoms with van der Waals surface area (Å²) in [5.41, 5.74) is 11.2. The molecule has 0 aromatic carbocycles. The molecule has 2 rings (SSSR count). The van der Waals surface area contributed by atoms with E-state index in [4.69, 9.17) is 11.5 Å². The van der Waals surface area contributed by atoms with Gasteiger partial charge in [0.1, 0.15) is 14.8 Å². The third kappa shape index (κ3) is 3.14. The molecule has 1 amide bonds. The van der Waals surface area contributed by atoms with Gasteiger partial charge in [0, 0.05) is 19.6 Å². The molecule has 1 saturated heterocycles. The molecular formula is C12H20N4O3S2. The Bertz CT molecular complexity index is 631. The zero-order valence-corrected chi connectivity index (χ0v) is 13.5. The zero-order chi connectivity index (χ0) is 15.6. The molecule has 7 nitrogen and oxygen atoms in total. The molecule has 0 radical (unpaired) electrons. The van der Waals surface area contributed by atoms with Crippen molar-refractivity contribution in [2.24, 2.45) is 5.73 Å². The van der Waals surface area contributed by atoms with Crippen molar-refractivity contribution in [1.82, 2.24) is 5.32 Å². The Morgan fingerprint density at radius 2 is 2.10 bits per heavy atom. The summed E-state index contributed by atoms with van der Waals surface area (Å²) < 4.78 is 24.7. The van der Waals surface area contributed by atoms with Crippen molar-refractivity contribution >= 4 is 37.8 Å². The maximum Gasteiger partial charge on any atom is 0.261 e. The zero-order valence-electron chi connectivity index (χ0n) is 11.9. The van der Waals surface area contributed by atoms with Gasteiger partial charge in [-0.15, -0.1) is 11.3 Å². The summed E-state index contributed by atoms with van der Waals surface area (Å²) in [7, 11) is -3.52. The first-order chi connectivity index (χ1) is 9.88. The van der Waals surface area contributed by atoms with Crippen LogP contribution in [0.3, 0.4) is 0 Å². The van der Waals surface area contributed by atoms with Gasteiger partial charge in [-0.25, -0.2) is 8.42 Å². The fourth-order valence-electron chi connectivity index (χ4n) is 2.30. The molecule has 0 saturated carbocycles. The van der Waals surface area contributed by atoms with Crippen LogP contribution in [0.15, 0.2) is 4.90 Å². The molecule has 1 aromatic rings. The van der Waals surface area contributed by atoms with E-state index >= 15 is 0 Å². The maximum absolute atomic E-state index is 12.3. The van der Waals surface area contributed by atoms with E-state index in [1.807, 2.05) is 4.90 Å². The van der Waals surface area contributed by atoms with Crippen LogP contribution in [0.25, 0.3) is 0 Å². The molecule has 2 heterocycles. The molecule has 1 fully saturated rings. The predicted octanol–water partition coefficient (Wildman–Crippen LogP) is 0.0225. The van der Waals surface area contributed by atoms with Crippen molar-refractivity contribution in [1.29, 1.82) is 0 Å². The summed E-state index contributed by atoms with van der Waals surface area (Å²) in [5, 5.41) is 3.79. The van der Waals surface area contributed by atoms with Crippen molar-refractivity contribution < 1.29 is 13.2 Å². The second kappa shape index (κ2) is 6.20. The predicted molar refractivity (Wildman–Crippen MR) is 84.7 cm³/mol. The lowest BCUT2D eigenvalue weighted by molar-refractivity contribution is 0.100. The Kier molecular flexibility index (Phi) is 4.74. The molecule has 0 atom stereocenters. The Morgan fingerprint density at radius 3 is 2.71 bits per heavy atom. The third-order valence-electron chi connectivity index (χ3n) is 3.42. The van der Waals surface area contributed by atoms with Gasteiger partial charge in [-0.05, 0) is 13.0 Å². The summed E-state index contributed by atoms with van der Waals surface area (Å²) in [6, 6.07) is 0. The van der Waals surface area contributed by atoms with Crippen molar-refractivity contribution in [3.63, 3.8) is 0 Å². The van der Waals surface area contributed by atoms with Crippen molar-refractivity contribution in [3.8, 4) is 0 Å². The van der Waals surface area contributed by atoms with Crippen LogP contribution in [0.1, 0.15) is 23.0 Å². The van der Waals surface area contributed by atoms with Gasteiger partial charge in [0.15, 0.2) is 9.84 Å². The fraction of sp³-hybridized carbons (Fsp3) is 0.583. The molecular weight excluding hydrogens is 312 g/mol. The highest BCUT2D eigenvalue weighted by Gasteiger charge is 2.30. The number of hydrogen-bond donors (Lipinski definition) is 3. The van der Waals surface area contributed by atoms with Crippen LogP contribution >= 0.6 is 11.3 Å². The number of hydrogen-bond acceptors (Lipinski definition) is 7. The van der Waals surface area contributed by atoms with Gasteiger partial charge in [0.25, 0.3) is 5.91 Å². The van der Waals surface area contributed by atoms with Crippen LogP contribution in [-0.4, -0.2) is 46.3 Å². The largest absolute Gasteiger partial charge is 0.396 e. The molecule has 0 aliphatic carbocycles. The van der Waals surface area contributed by atoms with Gasteiger partial charge >= 0.3 is 0 Å². The number of amides is 1. The van der Waals surface area contributed by atoms with Gasteiger partial charge < -0.3 is 21.7 Å². The average molecular weight is 332 g/mol. The first-order valence-electron chi connectivity index (χ1n) is 6.79. The van der Waals surface area contributed by atoms with Crippen molar-refractivity contribution in [3.05, 3.63) is 4.88 Å². The molecule has 0 unspecified atom stereocenters. The number of nitrogen functional groups attached to an aromatic ring is 1. The minimum atomic E-state index is -3.52. The number of carbonyl (C=O) groups excluding carboxylic acids is 1. The first kappa shape index (κ1) is 16.1. The maximum atomic E-state index is 12.3. The van der Waals surface area contributed by atoms with E-state index in [1.54, 1.807) is 6.92 Å². The number of carbonyl (C=O) groups is 1. The number of rotatable bonds is 4. The molecule has 1 aliphatic heterocycles. The number of anilines is 2. The van der Waals surface area contributed by atoms with Gasteiger partial charge in [0.05, 0.1) is 11.4 Å². The fourth-order valence-corrected chi connectivity index (χ4v) is 5.01. The summed E-state index contributed by atoms with van der Waals surface area (Å²) in [6.45, 7) is 4.59. The monoisotopic (exact) mass is 332 g/mol. The van der Waals surface area contributed by atoms with E-state index in [0.29, 0.717) is 11.5 Å². The van der Waals surface area contributed by atoms with Crippen LogP contribution < -0.4 is 21.7 Å². The summed E-state index contributed by atoms with van der Waals surface area (Å²) >= 11 is 1.07. The molecule has 9 heteroatoms. The molecule has 1 aliphatic rings. The normalized spacial score (nSPS) is 16.7. The number of thiophene rings is 1. The van der Waals surface area contributed by atoms with Crippen molar-refractivity contribution in [2.75, 3.05) is 42.6 Å². The second-order valence-electron chi connectivity index (χ2n) is 4.84. The van der Waals surface area contributed by atoms with E-state index in [0.717, 1.165) is 37.4 Å². The molecule has 0 bridgehead atoms. The lowest BCUT2D eigenvalue weighted by Gasteiger charge is -2.21. The van der Waals surface area contributed by atoms with Gasteiger partial charge in [-0.2, -0.15) is 0 Å². The first-order valence-corrected chi connectivity index (χ1v) is 9.25. The number of nitrogens with one attached hydrogen (secondary N) is 1. The van der Waals surface area contributed by atoms with E-state index in [1.165, 1.54) is 0 Å². The average Bonchev–Trinajstić information content (AvgIpc) is 2.63. The summed E-state index contributed by atoms with van der Waals surface area (Å²) in [6.07, 6.45) is 0.898. The van der Waals surface area contributed by atoms with Crippen LogP contribution in [0.2, 0.25) is 0 Å². The Labute approximate surface area is 128 Å². The lowest BCUT2D eigenvalue weighted by atomic mass is 10.3. The summed E-state index contributed by atoms with van der Waals surface area (Å²) in [4.78, 5) is 13.6. The van der Waals surface area contributed by atoms with E-state index in [2.05, 4.69) is 5.32 Å². The minimum Gasteiger partial charge on any atom is -0.396 e. The smallest absolute Gasteiger partial charge is 0.261 e. The molecule has 21 heavy (non-hydrogen) atoms. The highest BCUT2D eigenvalue weighted by atomic mass is 32.2. The molecule has 118 valence electrons.